The normalized spacial score (nSPS) is 17.4. The Morgan fingerprint density at radius 3 is 2.82 bits per heavy atom. The SMILES string of the molecule is CCC(c1nnnn1CC1CCCO1)N(Cc1ccc2c(c1)OCO2)Cc1cc2cc(C)cc(C)c2[nH]c1=O. The molecule has 204 valence electrons. The second-order valence-electron chi connectivity index (χ2n) is 10.5. The smallest absolute Gasteiger partial charge is 0.252 e. The average Bonchev–Trinajstić information content (AvgIpc) is 3.69. The molecule has 10 heteroatoms. The molecule has 2 atom stereocenters. The number of rotatable bonds is 9. The number of hydrogen-bond donors (Lipinski definition) is 1. The summed E-state index contributed by atoms with van der Waals surface area (Å²) < 4.78 is 18.9. The minimum atomic E-state index is -0.124. The van der Waals surface area contributed by atoms with Crippen molar-refractivity contribution >= 4 is 10.9 Å². The van der Waals surface area contributed by atoms with Gasteiger partial charge in [0, 0.05) is 25.3 Å². The summed E-state index contributed by atoms with van der Waals surface area (Å²) in [6.07, 6.45) is 2.93. The van der Waals surface area contributed by atoms with Crippen molar-refractivity contribution in [1.29, 1.82) is 0 Å². The number of H-pyrrole nitrogens is 1. The number of aryl methyl sites for hydroxylation is 2. The highest BCUT2D eigenvalue weighted by atomic mass is 16.7. The molecule has 10 nitrogen and oxygen atoms in total. The summed E-state index contributed by atoms with van der Waals surface area (Å²) >= 11 is 0. The fraction of sp³-hybridized carbons (Fsp3) is 0.448. The highest BCUT2D eigenvalue weighted by molar-refractivity contribution is 5.82. The van der Waals surface area contributed by atoms with Gasteiger partial charge >= 0.3 is 0 Å². The Balaban J connectivity index is 1.37. The second-order valence-corrected chi connectivity index (χ2v) is 10.5. The van der Waals surface area contributed by atoms with Gasteiger partial charge in [0.25, 0.3) is 5.56 Å². The number of nitrogens with zero attached hydrogens (tertiary/aromatic N) is 5. The van der Waals surface area contributed by atoms with Gasteiger partial charge in [-0.3, -0.25) is 9.69 Å². The van der Waals surface area contributed by atoms with E-state index >= 15 is 0 Å². The number of fused-ring (bicyclic) bond motifs is 2. The maximum absolute atomic E-state index is 13.3. The first kappa shape index (κ1) is 25.5. The van der Waals surface area contributed by atoms with Gasteiger partial charge < -0.3 is 19.2 Å². The van der Waals surface area contributed by atoms with Crippen molar-refractivity contribution in [2.24, 2.45) is 0 Å². The molecule has 1 N–H and O–H groups in total. The summed E-state index contributed by atoms with van der Waals surface area (Å²) in [5, 5.41) is 13.8. The van der Waals surface area contributed by atoms with Gasteiger partial charge in [-0.1, -0.05) is 24.6 Å². The zero-order valence-corrected chi connectivity index (χ0v) is 22.6. The van der Waals surface area contributed by atoms with Crippen LogP contribution in [0.25, 0.3) is 10.9 Å². The zero-order chi connectivity index (χ0) is 26.9. The molecule has 2 unspecified atom stereocenters. The minimum Gasteiger partial charge on any atom is -0.454 e. The Bertz CT molecular complexity index is 1540. The van der Waals surface area contributed by atoms with Gasteiger partial charge in [0.15, 0.2) is 17.3 Å². The number of pyridine rings is 1. The number of aromatic nitrogens is 5. The van der Waals surface area contributed by atoms with Gasteiger partial charge in [-0.2, -0.15) is 0 Å². The molecule has 0 aliphatic carbocycles. The number of hydrogen-bond acceptors (Lipinski definition) is 8. The van der Waals surface area contributed by atoms with Crippen LogP contribution in [0.3, 0.4) is 0 Å². The van der Waals surface area contributed by atoms with Crippen LogP contribution < -0.4 is 15.0 Å². The summed E-state index contributed by atoms with van der Waals surface area (Å²) in [5.74, 6) is 2.26. The Morgan fingerprint density at radius 1 is 1.13 bits per heavy atom. The van der Waals surface area contributed by atoms with E-state index in [-0.39, 0.29) is 24.5 Å². The molecule has 4 aromatic rings. The molecule has 1 fully saturated rings. The maximum Gasteiger partial charge on any atom is 0.252 e. The van der Waals surface area contributed by atoms with Crippen LogP contribution in [0.15, 0.2) is 41.2 Å². The summed E-state index contributed by atoms with van der Waals surface area (Å²) in [6, 6.07) is 12.1. The molecule has 6 rings (SSSR count). The van der Waals surface area contributed by atoms with Crippen LogP contribution in [-0.2, 0) is 24.4 Å². The average molecular weight is 531 g/mol. The predicted octanol–water partition coefficient (Wildman–Crippen LogP) is 4.19. The summed E-state index contributed by atoms with van der Waals surface area (Å²) in [7, 11) is 0. The Labute approximate surface area is 226 Å². The summed E-state index contributed by atoms with van der Waals surface area (Å²) in [5.41, 5.74) is 4.77. The Morgan fingerprint density at radius 2 is 2.00 bits per heavy atom. The number of aromatic amines is 1. The molecule has 0 bridgehead atoms. The quantitative estimate of drug-likeness (QED) is 0.343. The number of nitrogens with one attached hydrogen (secondary N) is 1. The van der Waals surface area contributed by atoms with Crippen LogP contribution in [0.5, 0.6) is 11.5 Å². The summed E-state index contributed by atoms with van der Waals surface area (Å²) in [6.45, 7) is 8.85. The highest BCUT2D eigenvalue weighted by Gasteiger charge is 2.28. The van der Waals surface area contributed by atoms with E-state index in [0.29, 0.717) is 25.2 Å². The molecular weight excluding hydrogens is 496 g/mol. The van der Waals surface area contributed by atoms with E-state index < -0.39 is 0 Å². The molecule has 0 amide bonds. The van der Waals surface area contributed by atoms with Gasteiger partial charge in [-0.25, -0.2) is 4.68 Å². The number of benzene rings is 2. The van der Waals surface area contributed by atoms with Gasteiger partial charge in [0.1, 0.15) is 0 Å². The van der Waals surface area contributed by atoms with Crippen LogP contribution in [0.4, 0.5) is 0 Å². The van der Waals surface area contributed by atoms with E-state index in [4.69, 9.17) is 14.2 Å². The third-order valence-corrected chi connectivity index (χ3v) is 7.65. The Kier molecular flexibility index (Phi) is 7.05. The lowest BCUT2D eigenvalue weighted by atomic mass is 10.0. The zero-order valence-electron chi connectivity index (χ0n) is 22.6. The van der Waals surface area contributed by atoms with E-state index in [1.807, 2.05) is 35.9 Å². The molecule has 0 saturated carbocycles. The van der Waals surface area contributed by atoms with E-state index in [1.165, 1.54) is 0 Å². The molecule has 2 aliphatic heterocycles. The first-order chi connectivity index (χ1) is 19.0. The van der Waals surface area contributed by atoms with Crippen LogP contribution in [0.1, 0.15) is 60.3 Å². The first-order valence-electron chi connectivity index (χ1n) is 13.6. The monoisotopic (exact) mass is 530 g/mol. The fourth-order valence-electron chi connectivity index (χ4n) is 5.78. The molecule has 0 spiro atoms. The Hall–Kier alpha value is -3.76. The topological polar surface area (TPSA) is 107 Å². The van der Waals surface area contributed by atoms with Crippen molar-refractivity contribution in [3.63, 3.8) is 0 Å². The van der Waals surface area contributed by atoms with E-state index in [9.17, 15) is 4.79 Å². The van der Waals surface area contributed by atoms with Crippen molar-refractivity contribution in [2.45, 2.75) is 71.8 Å². The van der Waals surface area contributed by atoms with Crippen LogP contribution in [0, 0.1) is 13.8 Å². The van der Waals surface area contributed by atoms with Gasteiger partial charge in [0.05, 0.1) is 24.2 Å². The van der Waals surface area contributed by atoms with Gasteiger partial charge in [-0.15, -0.1) is 5.10 Å². The standard InChI is InChI=1S/C29H34N6O4/c1-4-24(28-31-32-33-35(28)16-23-6-5-9-37-23)34(14-20-7-8-25-26(12-20)39-17-38-25)15-22-13-21-11-18(2)10-19(3)27(21)30-29(22)36/h7-8,10-13,23-24H,4-6,9,14-17H2,1-3H3,(H,30,36). The fourth-order valence-corrected chi connectivity index (χ4v) is 5.78. The summed E-state index contributed by atoms with van der Waals surface area (Å²) in [4.78, 5) is 18.7. The molecule has 1 saturated heterocycles. The van der Waals surface area contributed by atoms with Crippen LogP contribution in [-0.4, -0.2) is 49.6 Å². The lowest BCUT2D eigenvalue weighted by molar-refractivity contribution is 0.0888. The van der Waals surface area contributed by atoms with Crippen LogP contribution >= 0.6 is 0 Å². The lowest BCUT2D eigenvalue weighted by Crippen LogP contribution is -2.33. The van der Waals surface area contributed by atoms with Crippen molar-refractivity contribution in [2.75, 3.05) is 13.4 Å². The largest absolute Gasteiger partial charge is 0.454 e. The van der Waals surface area contributed by atoms with Gasteiger partial charge in [-0.05, 0) is 84.3 Å². The highest BCUT2D eigenvalue weighted by Crippen LogP contribution is 2.34. The predicted molar refractivity (Wildman–Crippen MR) is 146 cm³/mol. The lowest BCUT2D eigenvalue weighted by Gasteiger charge is -2.30. The van der Waals surface area contributed by atoms with E-state index in [0.717, 1.165) is 70.8 Å². The first-order valence-corrected chi connectivity index (χ1v) is 13.6. The van der Waals surface area contributed by atoms with Crippen molar-refractivity contribution in [3.8, 4) is 11.5 Å². The molecule has 4 heterocycles. The molecular formula is C29H34N6O4. The third-order valence-electron chi connectivity index (χ3n) is 7.65. The number of tetrazole rings is 1. The van der Waals surface area contributed by atoms with E-state index in [2.05, 4.69) is 51.4 Å². The number of ether oxygens (including phenoxy) is 3. The maximum atomic E-state index is 13.3. The molecule has 0 radical (unpaired) electrons. The van der Waals surface area contributed by atoms with E-state index in [1.54, 1.807) is 0 Å². The van der Waals surface area contributed by atoms with Crippen LogP contribution in [0.2, 0.25) is 0 Å². The molecule has 2 aromatic heterocycles. The molecule has 2 aromatic carbocycles. The van der Waals surface area contributed by atoms with Crippen molar-refractivity contribution in [1.82, 2.24) is 30.1 Å². The second kappa shape index (κ2) is 10.8. The van der Waals surface area contributed by atoms with Gasteiger partial charge in [0.2, 0.25) is 6.79 Å². The molecule has 39 heavy (non-hydrogen) atoms. The third kappa shape index (κ3) is 5.26. The molecule has 2 aliphatic rings. The van der Waals surface area contributed by atoms with Crippen molar-refractivity contribution < 1.29 is 14.2 Å². The minimum absolute atomic E-state index is 0.0843. The van der Waals surface area contributed by atoms with Crippen molar-refractivity contribution in [3.05, 3.63) is 74.8 Å².